The van der Waals surface area contributed by atoms with Gasteiger partial charge in [-0.3, -0.25) is 5.10 Å². The van der Waals surface area contributed by atoms with Gasteiger partial charge in [-0.2, -0.15) is 5.10 Å². The number of benzene rings is 1. The van der Waals surface area contributed by atoms with Crippen molar-refractivity contribution in [3.63, 3.8) is 0 Å². The number of aryl methyl sites for hydroxylation is 1. The van der Waals surface area contributed by atoms with Gasteiger partial charge in [0.2, 0.25) is 0 Å². The van der Waals surface area contributed by atoms with E-state index < -0.39 is 13.0 Å². The number of hydrogen-bond donors (Lipinski definition) is 2. The highest BCUT2D eigenvalue weighted by atomic mass is 19.3. The van der Waals surface area contributed by atoms with E-state index in [1.54, 1.807) is 24.4 Å². The van der Waals surface area contributed by atoms with Crippen molar-refractivity contribution in [1.82, 2.24) is 15.5 Å². The maximum absolute atomic E-state index is 12.2. The molecule has 5 nitrogen and oxygen atoms in total. The number of aromatic nitrogens is 2. The van der Waals surface area contributed by atoms with E-state index in [0.717, 1.165) is 28.3 Å². The smallest absolute Gasteiger partial charge is 0.272 e. The zero-order valence-corrected chi connectivity index (χ0v) is 13.8. The highest BCUT2D eigenvalue weighted by Gasteiger charge is 2.11. The maximum atomic E-state index is 12.2. The Morgan fingerprint density at radius 3 is 2.88 bits per heavy atom. The lowest BCUT2D eigenvalue weighted by atomic mass is 10.2. The van der Waals surface area contributed by atoms with Crippen LogP contribution >= 0.6 is 0 Å². The fourth-order valence-corrected chi connectivity index (χ4v) is 2.47. The van der Waals surface area contributed by atoms with E-state index >= 15 is 0 Å². The van der Waals surface area contributed by atoms with Crippen molar-refractivity contribution < 1.29 is 17.9 Å². The molecule has 3 rings (SSSR count). The molecule has 0 saturated carbocycles. The molecular formula is C18H19F2N3O2. The molecular weight excluding hydrogens is 328 g/mol. The highest BCUT2D eigenvalue weighted by molar-refractivity contribution is 5.56. The van der Waals surface area contributed by atoms with Crippen molar-refractivity contribution in [3.8, 4) is 17.2 Å². The van der Waals surface area contributed by atoms with Gasteiger partial charge in [-0.1, -0.05) is 12.1 Å². The number of ether oxygens (including phenoxy) is 1. The molecule has 0 fully saturated rings. The molecule has 0 atom stereocenters. The molecule has 0 amide bonds. The first-order valence-electron chi connectivity index (χ1n) is 7.91. The Labute approximate surface area is 144 Å². The Morgan fingerprint density at radius 1 is 1.24 bits per heavy atom. The molecule has 2 N–H and O–H groups in total. The van der Waals surface area contributed by atoms with E-state index in [1.807, 2.05) is 25.1 Å². The van der Waals surface area contributed by atoms with E-state index in [4.69, 9.17) is 9.15 Å². The van der Waals surface area contributed by atoms with Crippen LogP contribution in [0.1, 0.15) is 16.9 Å². The van der Waals surface area contributed by atoms with Crippen molar-refractivity contribution in [1.29, 1.82) is 0 Å². The lowest BCUT2D eigenvalue weighted by Crippen LogP contribution is -2.13. The molecule has 0 spiro atoms. The Morgan fingerprint density at radius 2 is 2.12 bits per heavy atom. The van der Waals surface area contributed by atoms with Crippen LogP contribution in [-0.4, -0.2) is 23.2 Å². The van der Waals surface area contributed by atoms with Gasteiger partial charge in [0.25, 0.3) is 6.43 Å². The fourth-order valence-electron chi connectivity index (χ4n) is 2.47. The molecule has 3 aromatic rings. The first-order chi connectivity index (χ1) is 12.1. The van der Waals surface area contributed by atoms with Crippen LogP contribution in [0.4, 0.5) is 8.78 Å². The largest absolute Gasteiger partial charge is 0.488 e. The number of rotatable bonds is 8. The van der Waals surface area contributed by atoms with E-state index in [-0.39, 0.29) is 0 Å². The van der Waals surface area contributed by atoms with Gasteiger partial charge >= 0.3 is 0 Å². The summed E-state index contributed by atoms with van der Waals surface area (Å²) in [6.07, 6.45) is -0.728. The third-order valence-corrected chi connectivity index (χ3v) is 3.62. The molecule has 0 aliphatic heterocycles. The molecule has 0 aliphatic carbocycles. The number of furan rings is 1. The topological polar surface area (TPSA) is 63.1 Å². The summed E-state index contributed by atoms with van der Waals surface area (Å²) in [6.45, 7) is 2.46. The average molecular weight is 347 g/mol. The van der Waals surface area contributed by atoms with Crippen LogP contribution in [0.3, 0.4) is 0 Å². The van der Waals surface area contributed by atoms with Gasteiger partial charge in [-0.25, -0.2) is 8.78 Å². The molecule has 132 valence electrons. The van der Waals surface area contributed by atoms with Gasteiger partial charge in [0.1, 0.15) is 23.8 Å². The van der Waals surface area contributed by atoms with Crippen LogP contribution in [0, 0.1) is 6.92 Å². The van der Waals surface area contributed by atoms with E-state index in [2.05, 4.69) is 15.5 Å². The van der Waals surface area contributed by atoms with Crippen LogP contribution in [0.2, 0.25) is 0 Å². The van der Waals surface area contributed by atoms with Crippen molar-refractivity contribution >= 4 is 0 Å². The zero-order chi connectivity index (χ0) is 17.6. The van der Waals surface area contributed by atoms with Crippen LogP contribution < -0.4 is 10.1 Å². The SMILES string of the molecule is Cc1ccc(-c2[nH]ncc2CNCc2cccc(OCC(F)F)c2)o1. The molecule has 0 bridgehead atoms. The van der Waals surface area contributed by atoms with Crippen molar-refractivity contribution in [3.05, 3.63) is 59.5 Å². The molecule has 0 unspecified atom stereocenters. The summed E-state index contributed by atoms with van der Waals surface area (Å²) in [7, 11) is 0. The van der Waals surface area contributed by atoms with Crippen LogP contribution in [0.15, 0.2) is 47.0 Å². The molecule has 0 aliphatic rings. The molecule has 2 aromatic heterocycles. The first kappa shape index (κ1) is 17.2. The van der Waals surface area contributed by atoms with Gasteiger partial charge in [-0.15, -0.1) is 0 Å². The third-order valence-electron chi connectivity index (χ3n) is 3.62. The number of H-pyrrole nitrogens is 1. The van der Waals surface area contributed by atoms with Gasteiger partial charge in [0, 0.05) is 18.7 Å². The monoisotopic (exact) mass is 347 g/mol. The normalized spacial score (nSPS) is 11.2. The summed E-state index contributed by atoms with van der Waals surface area (Å²) in [5.41, 5.74) is 2.78. The second-order valence-corrected chi connectivity index (χ2v) is 5.63. The molecule has 25 heavy (non-hydrogen) atoms. The third kappa shape index (κ3) is 4.67. The highest BCUT2D eigenvalue weighted by Crippen LogP contribution is 2.23. The standard InChI is InChI=1S/C18H19F2N3O2/c1-12-5-6-16(25-12)18-14(10-22-23-18)9-21-8-13-3-2-4-15(7-13)24-11-17(19)20/h2-7,10,17,21H,8-9,11H2,1H3,(H,22,23). The Hall–Kier alpha value is -2.67. The number of nitrogens with one attached hydrogen (secondary N) is 2. The summed E-state index contributed by atoms with van der Waals surface area (Å²) >= 11 is 0. The van der Waals surface area contributed by atoms with Gasteiger partial charge in [-0.05, 0) is 36.8 Å². The van der Waals surface area contributed by atoms with Crippen molar-refractivity contribution in [2.45, 2.75) is 26.4 Å². The number of halogens is 2. The Balaban J connectivity index is 1.57. The number of hydrogen-bond acceptors (Lipinski definition) is 4. The van der Waals surface area contributed by atoms with Crippen LogP contribution in [-0.2, 0) is 13.1 Å². The van der Waals surface area contributed by atoms with E-state index in [1.165, 1.54) is 0 Å². The summed E-state index contributed by atoms with van der Waals surface area (Å²) in [5, 5.41) is 10.3. The van der Waals surface area contributed by atoms with E-state index in [9.17, 15) is 8.78 Å². The van der Waals surface area contributed by atoms with Crippen molar-refractivity contribution in [2.75, 3.05) is 6.61 Å². The van der Waals surface area contributed by atoms with Crippen LogP contribution in [0.25, 0.3) is 11.5 Å². The Kier molecular flexibility index (Phi) is 5.45. The van der Waals surface area contributed by atoms with Gasteiger partial charge < -0.3 is 14.5 Å². The Bertz CT molecular complexity index is 814. The minimum atomic E-state index is -2.48. The van der Waals surface area contributed by atoms with Gasteiger partial charge in [0.15, 0.2) is 5.76 Å². The number of alkyl halides is 2. The molecule has 1 aromatic carbocycles. The fraction of sp³-hybridized carbons (Fsp3) is 0.278. The lowest BCUT2D eigenvalue weighted by molar-refractivity contribution is 0.0818. The lowest BCUT2D eigenvalue weighted by Gasteiger charge is -2.08. The quantitative estimate of drug-likeness (QED) is 0.648. The molecule has 0 saturated heterocycles. The van der Waals surface area contributed by atoms with Gasteiger partial charge in [0.05, 0.1) is 6.20 Å². The predicted octanol–water partition coefficient (Wildman–Crippen LogP) is 3.91. The molecule has 2 heterocycles. The number of aromatic amines is 1. The second-order valence-electron chi connectivity index (χ2n) is 5.63. The zero-order valence-electron chi connectivity index (χ0n) is 13.8. The summed E-state index contributed by atoms with van der Waals surface area (Å²) < 4.78 is 35.1. The van der Waals surface area contributed by atoms with Crippen LogP contribution in [0.5, 0.6) is 5.75 Å². The van der Waals surface area contributed by atoms with Crippen molar-refractivity contribution in [2.24, 2.45) is 0 Å². The average Bonchev–Trinajstić information content (AvgIpc) is 3.22. The summed E-state index contributed by atoms with van der Waals surface area (Å²) in [6, 6.07) is 10.9. The minimum Gasteiger partial charge on any atom is -0.488 e. The molecule has 0 radical (unpaired) electrons. The summed E-state index contributed by atoms with van der Waals surface area (Å²) in [4.78, 5) is 0. The van der Waals surface area contributed by atoms with E-state index in [0.29, 0.717) is 18.8 Å². The minimum absolute atomic E-state index is 0.440. The predicted molar refractivity (Wildman–Crippen MR) is 89.5 cm³/mol. The molecule has 7 heteroatoms. The maximum Gasteiger partial charge on any atom is 0.272 e. The first-order valence-corrected chi connectivity index (χ1v) is 7.91. The second kappa shape index (κ2) is 7.94. The summed E-state index contributed by atoms with van der Waals surface area (Å²) in [5.74, 6) is 2.02. The number of nitrogens with zero attached hydrogens (tertiary/aromatic N) is 1.